The summed E-state index contributed by atoms with van der Waals surface area (Å²) in [5.74, 6) is 0.400. The molecule has 0 N–H and O–H groups in total. The van der Waals surface area contributed by atoms with E-state index in [0.29, 0.717) is 15.7 Å². The van der Waals surface area contributed by atoms with Crippen LogP contribution in [-0.4, -0.2) is 8.42 Å². The Bertz CT molecular complexity index is 663. The molecule has 0 saturated heterocycles. The van der Waals surface area contributed by atoms with Crippen LogP contribution in [0, 0.1) is 18.8 Å². The molecule has 100 valence electrons. The Morgan fingerprint density at radius 3 is 2.05 bits per heavy atom. The van der Waals surface area contributed by atoms with E-state index in [1.165, 1.54) is 0 Å². The van der Waals surface area contributed by atoms with Gasteiger partial charge >= 0.3 is 0 Å². The van der Waals surface area contributed by atoms with Gasteiger partial charge in [0.15, 0.2) is 0 Å². The molecule has 0 amide bonds. The van der Waals surface area contributed by atoms with E-state index < -0.39 is 9.84 Å². The van der Waals surface area contributed by atoms with E-state index in [-0.39, 0.29) is 5.92 Å². The Morgan fingerprint density at radius 2 is 1.53 bits per heavy atom. The molecule has 1 aromatic rings. The summed E-state index contributed by atoms with van der Waals surface area (Å²) < 4.78 is 25.6. The summed E-state index contributed by atoms with van der Waals surface area (Å²) in [6.07, 6.45) is 6.28. The molecule has 0 spiro atoms. The lowest BCUT2D eigenvalue weighted by molar-refractivity contribution is 0.489. The van der Waals surface area contributed by atoms with Gasteiger partial charge in [-0.2, -0.15) is 0 Å². The zero-order chi connectivity index (χ0) is 13.6. The Labute approximate surface area is 114 Å². The molecule has 4 rings (SSSR count). The van der Waals surface area contributed by atoms with Gasteiger partial charge in [-0.15, -0.1) is 0 Å². The van der Waals surface area contributed by atoms with E-state index in [2.05, 4.69) is 12.2 Å². The molecule has 19 heavy (non-hydrogen) atoms. The van der Waals surface area contributed by atoms with Crippen molar-refractivity contribution >= 4 is 9.84 Å². The number of aryl methyl sites for hydroxylation is 1. The van der Waals surface area contributed by atoms with Gasteiger partial charge in [-0.05, 0) is 44.7 Å². The first kappa shape index (κ1) is 12.7. The maximum absolute atomic E-state index is 12.8. The average Bonchev–Trinajstić information content (AvgIpc) is 2.40. The van der Waals surface area contributed by atoms with Gasteiger partial charge in [0.05, 0.1) is 9.80 Å². The molecule has 2 bridgehead atoms. The summed E-state index contributed by atoms with van der Waals surface area (Å²) in [6.45, 7) is 3.94. The van der Waals surface area contributed by atoms with Gasteiger partial charge in [-0.3, -0.25) is 0 Å². The second kappa shape index (κ2) is 4.34. The summed E-state index contributed by atoms with van der Waals surface area (Å²) in [5, 5.41) is 0. The molecule has 0 fully saturated rings. The minimum atomic E-state index is -3.33. The SMILES string of the molecule is CC1=C(S(=O)(=O)c2ccc(C)cc2)[C@H]2C=C[C@@H]1CC2. The first-order valence-corrected chi connectivity index (χ1v) is 8.19. The normalized spacial score (nSPS) is 26.0. The molecule has 2 atom stereocenters. The highest BCUT2D eigenvalue weighted by molar-refractivity contribution is 7.95. The highest BCUT2D eigenvalue weighted by Crippen LogP contribution is 2.44. The van der Waals surface area contributed by atoms with Gasteiger partial charge in [0.2, 0.25) is 9.84 Å². The van der Waals surface area contributed by atoms with Gasteiger partial charge in [0.1, 0.15) is 0 Å². The molecule has 0 heterocycles. The summed E-state index contributed by atoms with van der Waals surface area (Å²) in [6, 6.07) is 7.16. The molecule has 1 aromatic carbocycles. The van der Waals surface area contributed by atoms with E-state index in [4.69, 9.17) is 0 Å². The van der Waals surface area contributed by atoms with Crippen molar-refractivity contribution in [2.45, 2.75) is 31.6 Å². The van der Waals surface area contributed by atoms with Crippen molar-refractivity contribution in [1.29, 1.82) is 0 Å². The average molecular weight is 274 g/mol. The van der Waals surface area contributed by atoms with E-state index in [9.17, 15) is 8.42 Å². The third-order valence-electron chi connectivity index (χ3n) is 4.27. The Morgan fingerprint density at radius 1 is 0.947 bits per heavy atom. The van der Waals surface area contributed by atoms with Crippen LogP contribution in [0.15, 0.2) is 51.8 Å². The van der Waals surface area contributed by atoms with E-state index in [1.54, 1.807) is 12.1 Å². The molecule has 0 saturated carbocycles. The third-order valence-corrected chi connectivity index (χ3v) is 6.36. The quantitative estimate of drug-likeness (QED) is 0.772. The summed E-state index contributed by atoms with van der Waals surface area (Å²) in [7, 11) is -3.33. The van der Waals surface area contributed by atoms with Crippen LogP contribution in [0.4, 0.5) is 0 Å². The van der Waals surface area contributed by atoms with Crippen molar-refractivity contribution in [2.24, 2.45) is 11.8 Å². The number of fused-ring (bicyclic) bond motifs is 1. The maximum atomic E-state index is 12.8. The molecule has 0 aromatic heterocycles. The molecule has 3 aliphatic carbocycles. The lowest BCUT2D eigenvalue weighted by Crippen LogP contribution is -2.26. The lowest BCUT2D eigenvalue weighted by atomic mass is 9.77. The zero-order valence-electron chi connectivity index (χ0n) is 11.3. The smallest absolute Gasteiger partial charge is 0.203 e. The Hall–Kier alpha value is -1.35. The van der Waals surface area contributed by atoms with Crippen LogP contribution >= 0.6 is 0 Å². The van der Waals surface area contributed by atoms with Crippen LogP contribution < -0.4 is 0 Å². The Balaban J connectivity index is 2.11. The predicted octanol–water partition coefficient (Wildman–Crippen LogP) is 3.64. The second-order valence-corrected chi connectivity index (χ2v) is 7.46. The molecule has 2 nitrogen and oxygen atoms in total. The van der Waals surface area contributed by atoms with Crippen molar-refractivity contribution < 1.29 is 8.42 Å². The maximum Gasteiger partial charge on any atom is 0.203 e. The fourth-order valence-electron chi connectivity index (χ4n) is 3.13. The number of hydrogen-bond acceptors (Lipinski definition) is 2. The standard InChI is InChI=1S/C16H18O2S/c1-11-3-9-15(10-4-11)19(17,18)16-12(2)13-5-7-14(16)8-6-13/h3-5,7,9-10,13-14H,6,8H2,1-2H3/t13-,14+/m1/s1. The molecular weight excluding hydrogens is 256 g/mol. The molecule has 0 radical (unpaired) electrons. The van der Waals surface area contributed by atoms with Crippen LogP contribution in [0.2, 0.25) is 0 Å². The minimum absolute atomic E-state index is 0.0799. The van der Waals surface area contributed by atoms with Crippen LogP contribution in [0.5, 0.6) is 0 Å². The van der Waals surface area contributed by atoms with Gasteiger partial charge in [0.25, 0.3) is 0 Å². The highest BCUT2D eigenvalue weighted by atomic mass is 32.2. The van der Waals surface area contributed by atoms with Crippen molar-refractivity contribution in [1.82, 2.24) is 0 Å². The van der Waals surface area contributed by atoms with Crippen LogP contribution in [0.1, 0.15) is 25.3 Å². The summed E-state index contributed by atoms with van der Waals surface area (Å²) in [5.41, 5.74) is 2.12. The molecule has 3 aliphatic rings. The van der Waals surface area contributed by atoms with Crippen LogP contribution in [0.25, 0.3) is 0 Å². The highest BCUT2D eigenvalue weighted by Gasteiger charge is 2.36. The summed E-state index contributed by atoms with van der Waals surface area (Å²) in [4.78, 5) is 1.07. The third kappa shape index (κ3) is 1.96. The second-order valence-electron chi connectivity index (χ2n) is 5.54. The topological polar surface area (TPSA) is 34.1 Å². The predicted molar refractivity (Wildman–Crippen MR) is 76.4 cm³/mol. The zero-order valence-corrected chi connectivity index (χ0v) is 12.1. The number of rotatable bonds is 2. The first-order chi connectivity index (χ1) is 9.00. The molecule has 0 aliphatic heterocycles. The fourth-order valence-corrected chi connectivity index (χ4v) is 5.05. The fraction of sp³-hybridized carbons (Fsp3) is 0.375. The van der Waals surface area contributed by atoms with Gasteiger partial charge in [0, 0.05) is 5.92 Å². The monoisotopic (exact) mass is 274 g/mol. The van der Waals surface area contributed by atoms with Crippen LogP contribution in [0.3, 0.4) is 0 Å². The largest absolute Gasteiger partial charge is 0.219 e. The van der Waals surface area contributed by atoms with E-state index in [0.717, 1.165) is 24.0 Å². The van der Waals surface area contributed by atoms with E-state index in [1.807, 2.05) is 26.0 Å². The van der Waals surface area contributed by atoms with Crippen molar-refractivity contribution in [3.8, 4) is 0 Å². The molecule has 0 unspecified atom stereocenters. The number of benzene rings is 1. The van der Waals surface area contributed by atoms with Crippen molar-refractivity contribution in [3.05, 3.63) is 52.5 Å². The van der Waals surface area contributed by atoms with Crippen LogP contribution in [-0.2, 0) is 9.84 Å². The van der Waals surface area contributed by atoms with Crippen molar-refractivity contribution in [2.75, 3.05) is 0 Å². The number of sulfone groups is 1. The summed E-state index contributed by atoms with van der Waals surface area (Å²) >= 11 is 0. The molecular formula is C16H18O2S. The van der Waals surface area contributed by atoms with Crippen molar-refractivity contribution in [3.63, 3.8) is 0 Å². The molecule has 3 heteroatoms. The number of hydrogen-bond donors (Lipinski definition) is 0. The van der Waals surface area contributed by atoms with E-state index >= 15 is 0 Å². The lowest BCUT2D eigenvalue weighted by Gasteiger charge is -2.34. The first-order valence-electron chi connectivity index (χ1n) is 6.71. The van der Waals surface area contributed by atoms with Gasteiger partial charge in [-0.1, -0.05) is 35.4 Å². The minimum Gasteiger partial charge on any atom is -0.219 e. The Kier molecular flexibility index (Phi) is 2.90. The van der Waals surface area contributed by atoms with Gasteiger partial charge < -0.3 is 0 Å². The number of allylic oxidation sites excluding steroid dienone is 4. The van der Waals surface area contributed by atoms with Gasteiger partial charge in [-0.25, -0.2) is 8.42 Å².